The maximum atomic E-state index is 12.1. The Morgan fingerprint density at radius 3 is 2.80 bits per heavy atom. The summed E-state index contributed by atoms with van der Waals surface area (Å²) in [6.07, 6.45) is 2.82. The van der Waals surface area contributed by atoms with Gasteiger partial charge in [-0.2, -0.15) is 0 Å². The molecule has 1 amide bonds. The van der Waals surface area contributed by atoms with E-state index < -0.39 is 0 Å². The summed E-state index contributed by atoms with van der Waals surface area (Å²) in [5.41, 5.74) is 1.03. The number of amides is 1. The van der Waals surface area contributed by atoms with E-state index in [-0.39, 0.29) is 12.0 Å². The Bertz CT molecular complexity index is 444. The number of aliphatic hydroxyl groups is 1. The first-order chi connectivity index (χ1) is 9.54. The summed E-state index contributed by atoms with van der Waals surface area (Å²) in [6.45, 7) is 2.33. The lowest BCUT2D eigenvalue weighted by atomic mass is 10.1. The summed E-state index contributed by atoms with van der Waals surface area (Å²) in [5.74, 6) is 0.112. The van der Waals surface area contributed by atoms with Crippen LogP contribution in [0.25, 0.3) is 0 Å². The van der Waals surface area contributed by atoms with Gasteiger partial charge in [-0.1, -0.05) is 17.7 Å². The second kappa shape index (κ2) is 7.02. The molecule has 1 N–H and O–H groups in total. The van der Waals surface area contributed by atoms with Gasteiger partial charge >= 0.3 is 0 Å². The minimum absolute atomic E-state index is 0.112. The van der Waals surface area contributed by atoms with Gasteiger partial charge in [-0.3, -0.25) is 9.69 Å². The summed E-state index contributed by atoms with van der Waals surface area (Å²) in [7, 11) is 1.91. The van der Waals surface area contributed by atoms with Crippen LogP contribution in [0.3, 0.4) is 0 Å². The fourth-order valence-electron chi connectivity index (χ4n) is 2.31. The SMILES string of the molecule is CN(CC(=O)N1CCC(O)CC1)Cc1ccc(Cl)nc1. The molecule has 0 spiro atoms. The van der Waals surface area contributed by atoms with E-state index >= 15 is 0 Å². The van der Waals surface area contributed by atoms with Crippen LogP contribution in [-0.4, -0.2) is 58.6 Å². The van der Waals surface area contributed by atoms with E-state index in [0.29, 0.717) is 44.2 Å². The van der Waals surface area contributed by atoms with Crippen molar-refractivity contribution < 1.29 is 9.90 Å². The molecule has 2 heterocycles. The van der Waals surface area contributed by atoms with Gasteiger partial charge in [0.15, 0.2) is 0 Å². The van der Waals surface area contributed by atoms with Crippen molar-refractivity contribution in [1.29, 1.82) is 0 Å². The van der Waals surface area contributed by atoms with Crippen LogP contribution in [0.1, 0.15) is 18.4 Å². The second-order valence-corrected chi connectivity index (χ2v) is 5.66. The highest BCUT2D eigenvalue weighted by molar-refractivity contribution is 6.29. The number of pyridine rings is 1. The topological polar surface area (TPSA) is 56.7 Å². The molecule has 6 heteroatoms. The van der Waals surface area contributed by atoms with Crippen LogP contribution in [0.5, 0.6) is 0 Å². The number of halogens is 1. The number of carbonyl (C=O) groups is 1. The number of hydrogen-bond acceptors (Lipinski definition) is 4. The van der Waals surface area contributed by atoms with Crippen molar-refractivity contribution in [2.24, 2.45) is 0 Å². The van der Waals surface area contributed by atoms with Crippen LogP contribution in [0, 0.1) is 0 Å². The van der Waals surface area contributed by atoms with Gasteiger partial charge in [0.25, 0.3) is 0 Å². The Balaban J connectivity index is 1.80. The maximum Gasteiger partial charge on any atom is 0.236 e. The fourth-order valence-corrected chi connectivity index (χ4v) is 2.43. The van der Waals surface area contributed by atoms with Gasteiger partial charge in [0.05, 0.1) is 12.6 Å². The molecule has 1 saturated heterocycles. The van der Waals surface area contributed by atoms with Crippen LogP contribution in [0.15, 0.2) is 18.3 Å². The Hall–Kier alpha value is -1.17. The number of nitrogens with zero attached hydrogens (tertiary/aromatic N) is 3. The Kier molecular flexibility index (Phi) is 5.34. The molecule has 110 valence electrons. The molecule has 20 heavy (non-hydrogen) atoms. The first kappa shape index (κ1) is 15.2. The molecular weight excluding hydrogens is 278 g/mol. The average molecular weight is 298 g/mol. The molecule has 1 aromatic heterocycles. The van der Waals surface area contributed by atoms with Crippen molar-refractivity contribution in [3.63, 3.8) is 0 Å². The third-order valence-corrected chi connectivity index (χ3v) is 3.69. The predicted molar refractivity (Wildman–Crippen MR) is 77.4 cm³/mol. The normalized spacial score (nSPS) is 16.7. The van der Waals surface area contributed by atoms with Gasteiger partial charge in [-0.05, 0) is 31.5 Å². The molecule has 1 aliphatic rings. The minimum Gasteiger partial charge on any atom is -0.393 e. The van der Waals surface area contributed by atoms with Crippen molar-refractivity contribution in [1.82, 2.24) is 14.8 Å². The molecule has 0 aromatic carbocycles. The van der Waals surface area contributed by atoms with Gasteiger partial charge in [0.1, 0.15) is 5.15 Å². The zero-order chi connectivity index (χ0) is 14.5. The standard InChI is InChI=1S/C14H20ClN3O2/c1-17(9-11-2-3-13(15)16-8-11)10-14(20)18-6-4-12(19)5-7-18/h2-3,8,12,19H,4-7,9-10H2,1H3. The van der Waals surface area contributed by atoms with E-state index in [1.165, 1.54) is 0 Å². The van der Waals surface area contributed by atoms with Gasteiger partial charge in [0.2, 0.25) is 5.91 Å². The zero-order valence-corrected chi connectivity index (χ0v) is 12.4. The number of aromatic nitrogens is 1. The van der Waals surface area contributed by atoms with Gasteiger partial charge in [-0.15, -0.1) is 0 Å². The van der Waals surface area contributed by atoms with E-state index in [1.54, 1.807) is 12.3 Å². The lowest BCUT2D eigenvalue weighted by Gasteiger charge is -2.31. The van der Waals surface area contributed by atoms with Crippen LogP contribution in [-0.2, 0) is 11.3 Å². The van der Waals surface area contributed by atoms with Crippen molar-refractivity contribution in [3.05, 3.63) is 29.0 Å². The monoisotopic (exact) mass is 297 g/mol. The largest absolute Gasteiger partial charge is 0.393 e. The molecule has 2 rings (SSSR count). The van der Waals surface area contributed by atoms with Crippen LogP contribution < -0.4 is 0 Å². The maximum absolute atomic E-state index is 12.1. The lowest BCUT2D eigenvalue weighted by molar-refractivity contribution is -0.134. The van der Waals surface area contributed by atoms with E-state index in [1.807, 2.05) is 22.9 Å². The highest BCUT2D eigenvalue weighted by atomic mass is 35.5. The summed E-state index contributed by atoms with van der Waals surface area (Å²) >= 11 is 5.74. The first-order valence-electron chi connectivity index (χ1n) is 6.79. The summed E-state index contributed by atoms with van der Waals surface area (Å²) in [4.78, 5) is 19.9. The smallest absolute Gasteiger partial charge is 0.236 e. The average Bonchev–Trinajstić information content (AvgIpc) is 2.42. The molecule has 0 aliphatic carbocycles. The molecule has 0 atom stereocenters. The zero-order valence-electron chi connectivity index (χ0n) is 11.6. The van der Waals surface area contributed by atoms with E-state index in [2.05, 4.69) is 4.98 Å². The molecule has 0 saturated carbocycles. The fraction of sp³-hybridized carbons (Fsp3) is 0.571. The summed E-state index contributed by atoms with van der Waals surface area (Å²) in [6, 6.07) is 3.66. The van der Waals surface area contributed by atoms with Crippen LogP contribution in [0.4, 0.5) is 0 Å². The number of carbonyl (C=O) groups excluding carboxylic acids is 1. The summed E-state index contributed by atoms with van der Waals surface area (Å²) < 4.78 is 0. The molecule has 1 aliphatic heterocycles. The molecule has 1 aromatic rings. The van der Waals surface area contributed by atoms with Crippen LogP contribution >= 0.6 is 11.6 Å². The first-order valence-corrected chi connectivity index (χ1v) is 7.17. The number of rotatable bonds is 4. The molecule has 1 fully saturated rings. The van der Waals surface area contributed by atoms with Gasteiger partial charge < -0.3 is 10.0 Å². The van der Waals surface area contributed by atoms with Gasteiger partial charge in [0, 0.05) is 25.8 Å². The van der Waals surface area contributed by atoms with Crippen molar-refractivity contribution in [2.45, 2.75) is 25.5 Å². The van der Waals surface area contributed by atoms with Crippen molar-refractivity contribution in [3.8, 4) is 0 Å². The van der Waals surface area contributed by atoms with Crippen molar-refractivity contribution in [2.75, 3.05) is 26.7 Å². The lowest BCUT2D eigenvalue weighted by Crippen LogP contribution is -2.44. The van der Waals surface area contributed by atoms with Crippen LogP contribution in [0.2, 0.25) is 5.15 Å². The number of likely N-dealkylation sites (tertiary alicyclic amines) is 1. The molecule has 0 unspecified atom stereocenters. The van der Waals surface area contributed by atoms with E-state index in [9.17, 15) is 9.90 Å². The Morgan fingerprint density at radius 1 is 1.50 bits per heavy atom. The third kappa shape index (κ3) is 4.44. The number of aliphatic hydroxyl groups excluding tert-OH is 1. The summed E-state index contributed by atoms with van der Waals surface area (Å²) in [5, 5.41) is 9.91. The number of piperidine rings is 1. The molecular formula is C14H20ClN3O2. The van der Waals surface area contributed by atoms with Crippen molar-refractivity contribution >= 4 is 17.5 Å². The second-order valence-electron chi connectivity index (χ2n) is 5.27. The van der Waals surface area contributed by atoms with Gasteiger partial charge in [-0.25, -0.2) is 4.98 Å². The molecule has 0 bridgehead atoms. The predicted octanol–water partition coefficient (Wildman–Crippen LogP) is 1.15. The molecule has 0 radical (unpaired) electrons. The number of likely N-dealkylation sites (N-methyl/N-ethyl adjacent to an activating group) is 1. The van der Waals surface area contributed by atoms with E-state index in [0.717, 1.165) is 5.56 Å². The van der Waals surface area contributed by atoms with E-state index in [4.69, 9.17) is 11.6 Å². The quantitative estimate of drug-likeness (QED) is 0.847. The number of hydrogen-bond donors (Lipinski definition) is 1. The Morgan fingerprint density at radius 2 is 2.20 bits per heavy atom. The highest BCUT2D eigenvalue weighted by Crippen LogP contribution is 2.11. The highest BCUT2D eigenvalue weighted by Gasteiger charge is 2.21. The Labute approximate surface area is 124 Å². The molecule has 5 nitrogen and oxygen atoms in total. The minimum atomic E-state index is -0.253. The third-order valence-electron chi connectivity index (χ3n) is 3.46.